The molecule has 3 aromatic rings. The fraction of sp³-hybridized carbons (Fsp3) is 0.538. The number of fused-ring (bicyclic) bond motifs is 1. The maximum atomic E-state index is 13.9. The number of hydrogen-bond acceptors (Lipinski definition) is 4. The number of benzene rings is 1. The molecule has 0 bridgehead atoms. The van der Waals surface area contributed by atoms with Crippen LogP contribution in [0.3, 0.4) is 0 Å². The van der Waals surface area contributed by atoms with Crippen LogP contribution in [-0.2, 0) is 26.8 Å². The minimum atomic E-state index is -3.94. The van der Waals surface area contributed by atoms with E-state index in [4.69, 9.17) is 5.14 Å². The molecule has 0 radical (unpaired) electrons. The summed E-state index contributed by atoms with van der Waals surface area (Å²) in [7, 11) is -7.72. The van der Waals surface area contributed by atoms with E-state index in [2.05, 4.69) is 4.57 Å². The van der Waals surface area contributed by atoms with Crippen molar-refractivity contribution >= 4 is 31.1 Å². The number of aromatic nitrogens is 2. The van der Waals surface area contributed by atoms with E-state index >= 15 is 0 Å². The van der Waals surface area contributed by atoms with Gasteiger partial charge in [-0.05, 0) is 57.6 Å². The van der Waals surface area contributed by atoms with Crippen molar-refractivity contribution in [3.05, 3.63) is 41.7 Å². The lowest BCUT2D eigenvalue weighted by molar-refractivity contribution is 0.318. The van der Waals surface area contributed by atoms with Gasteiger partial charge in [-0.1, -0.05) is 43.9 Å². The van der Waals surface area contributed by atoms with Crippen molar-refractivity contribution in [1.29, 1.82) is 0 Å². The fourth-order valence-electron chi connectivity index (χ4n) is 6.15. The van der Waals surface area contributed by atoms with Crippen LogP contribution in [0.25, 0.3) is 22.2 Å². The van der Waals surface area contributed by atoms with Gasteiger partial charge >= 0.3 is 10.2 Å². The Morgan fingerprint density at radius 3 is 2.19 bits per heavy atom. The molecule has 3 heterocycles. The molecule has 2 aromatic heterocycles. The lowest BCUT2D eigenvalue weighted by Gasteiger charge is -2.27. The number of rotatable bonds is 6. The van der Waals surface area contributed by atoms with Crippen molar-refractivity contribution in [2.45, 2.75) is 76.7 Å². The second kappa shape index (κ2) is 9.63. The van der Waals surface area contributed by atoms with Crippen LogP contribution >= 0.6 is 0 Å². The summed E-state index contributed by atoms with van der Waals surface area (Å²) in [6, 6.07) is 9.12. The summed E-state index contributed by atoms with van der Waals surface area (Å²) in [5.41, 5.74) is 3.26. The zero-order valence-corrected chi connectivity index (χ0v) is 22.7. The van der Waals surface area contributed by atoms with Crippen LogP contribution in [-0.4, -0.2) is 42.8 Å². The van der Waals surface area contributed by atoms with Crippen molar-refractivity contribution in [1.82, 2.24) is 12.8 Å². The smallest absolute Gasteiger partial charge is 0.308 e. The van der Waals surface area contributed by atoms with Gasteiger partial charge in [-0.2, -0.15) is 12.7 Å². The number of nitrogens with zero attached hydrogens (tertiary/aromatic N) is 3. The Balaban J connectivity index is 1.74. The van der Waals surface area contributed by atoms with E-state index < -0.39 is 20.2 Å². The van der Waals surface area contributed by atoms with E-state index in [1.165, 1.54) is 23.2 Å². The summed E-state index contributed by atoms with van der Waals surface area (Å²) >= 11 is 0. The summed E-state index contributed by atoms with van der Waals surface area (Å²) in [6.07, 6.45) is 8.53. The lowest BCUT2D eigenvalue weighted by atomic mass is 9.89. The van der Waals surface area contributed by atoms with Gasteiger partial charge in [0.2, 0.25) is 10.0 Å². The summed E-state index contributed by atoms with van der Waals surface area (Å²) in [5.74, 6) is 0.447. The Hall–Kier alpha value is -2.14. The van der Waals surface area contributed by atoms with E-state index in [0.29, 0.717) is 48.2 Å². The molecule has 10 heteroatoms. The quantitative estimate of drug-likeness (QED) is 0.503. The molecule has 2 fully saturated rings. The normalized spacial score (nSPS) is 18.8. The minimum absolute atomic E-state index is 0.100. The van der Waals surface area contributed by atoms with E-state index in [-0.39, 0.29) is 4.90 Å². The van der Waals surface area contributed by atoms with Crippen LogP contribution in [0.1, 0.15) is 62.8 Å². The zero-order chi connectivity index (χ0) is 25.7. The van der Waals surface area contributed by atoms with E-state index in [0.717, 1.165) is 43.1 Å². The number of para-hydroxylation sites is 1. The highest BCUT2D eigenvalue weighted by molar-refractivity contribution is 7.89. The van der Waals surface area contributed by atoms with Crippen LogP contribution < -0.4 is 5.14 Å². The summed E-state index contributed by atoms with van der Waals surface area (Å²) in [4.78, 5) is 0.100. The van der Waals surface area contributed by atoms with Gasteiger partial charge in [0, 0.05) is 42.0 Å². The van der Waals surface area contributed by atoms with Gasteiger partial charge in [0.05, 0.1) is 11.2 Å². The first-order chi connectivity index (χ1) is 17.1. The maximum Gasteiger partial charge on any atom is 0.308 e. The van der Waals surface area contributed by atoms with Crippen molar-refractivity contribution in [3.63, 3.8) is 0 Å². The molecule has 5 rings (SSSR count). The molecular formula is C26H36N4O4S2. The van der Waals surface area contributed by atoms with Gasteiger partial charge in [0.15, 0.2) is 0 Å². The Morgan fingerprint density at radius 1 is 0.889 bits per heavy atom. The topological polar surface area (TPSA) is 107 Å². The van der Waals surface area contributed by atoms with Gasteiger partial charge in [-0.3, -0.25) is 0 Å². The van der Waals surface area contributed by atoms with Crippen molar-refractivity contribution in [3.8, 4) is 11.3 Å². The number of primary sulfonamides is 1. The molecular weight excluding hydrogens is 496 g/mol. The highest BCUT2D eigenvalue weighted by atomic mass is 32.2. The third kappa shape index (κ3) is 4.42. The van der Waals surface area contributed by atoms with Crippen molar-refractivity contribution in [2.75, 3.05) is 13.1 Å². The van der Waals surface area contributed by atoms with E-state index in [9.17, 15) is 16.8 Å². The van der Waals surface area contributed by atoms with Gasteiger partial charge in [-0.25, -0.2) is 17.5 Å². The molecule has 1 aromatic carbocycles. The van der Waals surface area contributed by atoms with Crippen LogP contribution in [0.4, 0.5) is 0 Å². The Labute approximate surface area is 214 Å². The molecule has 1 aliphatic carbocycles. The Kier molecular flexibility index (Phi) is 6.82. The molecule has 0 atom stereocenters. The lowest BCUT2D eigenvalue weighted by Crippen LogP contribution is -2.39. The Morgan fingerprint density at radius 2 is 1.53 bits per heavy atom. The third-order valence-corrected chi connectivity index (χ3v) is 11.0. The maximum absolute atomic E-state index is 13.9. The Bertz CT molecular complexity index is 1490. The SMILES string of the molecule is Cc1c(S(N)(=O)=O)cc(-c2c(C)n(S(=O)(=O)N3CCCCC3)c3ccccc23)n1CC1CCCCC1. The number of piperidine rings is 1. The highest BCUT2D eigenvalue weighted by Crippen LogP contribution is 2.40. The number of hydrogen-bond donors (Lipinski definition) is 1. The molecule has 1 saturated carbocycles. The largest absolute Gasteiger partial charge is 0.343 e. The fourth-order valence-corrected chi connectivity index (χ4v) is 8.74. The van der Waals surface area contributed by atoms with Gasteiger partial charge < -0.3 is 4.57 Å². The first kappa shape index (κ1) is 25.5. The molecule has 36 heavy (non-hydrogen) atoms. The molecule has 0 amide bonds. The molecule has 8 nitrogen and oxygen atoms in total. The molecule has 2 aliphatic rings. The molecule has 2 N–H and O–H groups in total. The van der Waals surface area contributed by atoms with Crippen molar-refractivity contribution in [2.24, 2.45) is 11.1 Å². The van der Waals surface area contributed by atoms with E-state index in [1.807, 2.05) is 31.2 Å². The summed E-state index contributed by atoms with van der Waals surface area (Å²) in [5, 5.41) is 6.42. The zero-order valence-electron chi connectivity index (χ0n) is 21.1. The minimum Gasteiger partial charge on any atom is -0.343 e. The third-order valence-electron chi connectivity index (χ3n) is 7.98. The average molecular weight is 533 g/mol. The average Bonchev–Trinajstić information content (AvgIpc) is 3.33. The first-order valence-electron chi connectivity index (χ1n) is 12.9. The van der Waals surface area contributed by atoms with Gasteiger partial charge in [-0.15, -0.1) is 0 Å². The molecule has 196 valence electrons. The first-order valence-corrected chi connectivity index (χ1v) is 15.9. The number of sulfonamides is 1. The van der Waals surface area contributed by atoms with E-state index in [1.54, 1.807) is 17.3 Å². The summed E-state index contributed by atoms with van der Waals surface area (Å²) in [6.45, 7) is 5.33. The molecule has 1 aliphatic heterocycles. The van der Waals surface area contributed by atoms with Gasteiger partial charge in [0.25, 0.3) is 0 Å². The predicted molar refractivity (Wildman–Crippen MR) is 143 cm³/mol. The van der Waals surface area contributed by atoms with Crippen LogP contribution in [0, 0.1) is 19.8 Å². The summed E-state index contributed by atoms with van der Waals surface area (Å²) < 4.78 is 57.9. The van der Waals surface area contributed by atoms with Crippen LogP contribution in [0.15, 0.2) is 35.2 Å². The molecule has 0 spiro atoms. The molecule has 1 saturated heterocycles. The highest BCUT2D eigenvalue weighted by Gasteiger charge is 2.32. The van der Waals surface area contributed by atoms with Gasteiger partial charge in [0.1, 0.15) is 4.90 Å². The van der Waals surface area contributed by atoms with Crippen LogP contribution in [0.2, 0.25) is 0 Å². The van der Waals surface area contributed by atoms with Crippen molar-refractivity contribution < 1.29 is 16.8 Å². The monoisotopic (exact) mass is 532 g/mol. The second-order valence-electron chi connectivity index (χ2n) is 10.3. The predicted octanol–water partition coefficient (Wildman–Crippen LogP) is 4.53. The standard InChI is InChI=1S/C26H36N4O4S2/c1-19-25(35(27,31)32)17-24(29(19)18-21-11-5-3-6-12-21)26-20(2)30(23-14-8-7-13-22(23)26)36(33,34)28-15-9-4-10-16-28/h7-8,13-14,17,21H,3-6,9-12,15-16,18H2,1-2H3,(H2,27,31,32). The number of nitrogens with two attached hydrogens (primary N) is 1. The van der Waals surface area contributed by atoms with Crippen LogP contribution in [0.5, 0.6) is 0 Å². The molecule has 0 unspecified atom stereocenters. The second-order valence-corrected chi connectivity index (χ2v) is 13.7.